The summed E-state index contributed by atoms with van der Waals surface area (Å²) in [6.45, 7) is 60.3. The second-order valence-corrected chi connectivity index (χ2v) is 21.6. The van der Waals surface area contributed by atoms with Crippen molar-refractivity contribution in [1.29, 1.82) is 0 Å². The molecule has 0 aromatic rings. The van der Waals surface area contributed by atoms with E-state index in [1.54, 1.807) is 0 Å². The Bertz CT molecular complexity index is 1340. The first-order valence-corrected chi connectivity index (χ1v) is 16.8. The van der Waals surface area contributed by atoms with E-state index in [9.17, 15) is 0 Å². The van der Waals surface area contributed by atoms with Crippen LogP contribution in [0.3, 0.4) is 0 Å². The molecule has 222 valence electrons. The van der Waals surface area contributed by atoms with Gasteiger partial charge in [-0.05, 0) is 92.1 Å². The molecule has 12 atom stereocenters. The van der Waals surface area contributed by atoms with Gasteiger partial charge in [0, 0.05) is 0 Å². The predicted octanol–water partition coefficient (Wildman–Crippen LogP) is 11.3. The van der Waals surface area contributed by atoms with Crippen LogP contribution >= 0.6 is 0 Å². The van der Waals surface area contributed by atoms with E-state index in [4.69, 9.17) is 0 Å². The second kappa shape index (κ2) is 5.00. The SMILES string of the molecule is CC1(C)C(C)(C)C2(C)C1(C)C(C)(C)C1(C)C2(C)C2(C)C1(C)C1(C)C3(C)C4(C)C(C)(C)C(C)(C)C4(C)C3(C)C21C. The lowest BCUT2D eigenvalue weighted by molar-refractivity contribution is -0.724. The maximum absolute atomic E-state index is 2.85. The van der Waals surface area contributed by atoms with Gasteiger partial charge in [-0.15, -0.1) is 0 Å². The van der Waals surface area contributed by atoms with E-state index in [0.29, 0.717) is 43.3 Å². The summed E-state index contributed by atoms with van der Waals surface area (Å²) in [5, 5.41) is 0. The van der Waals surface area contributed by atoms with Crippen molar-refractivity contribution < 1.29 is 0 Å². The molecule has 0 bridgehead atoms. The minimum absolute atomic E-state index is 0.228. The molecule has 0 N–H and O–H groups in total. The van der Waals surface area contributed by atoms with Crippen molar-refractivity contribution in [3.05, 3.63) is 0 Å². The van der Waals surface area contributed by atoms with Crippen LogP contribution in [0.2, 0.25) is 0 Å². The van der Waals surface area contributed by atoms with E-state index in [1.165, 1.54) is 0 Å². The molecule has 7 aliphatic carbocycles. The van der Waals surface area contributed by atoms with Crippen molar-refractivity contribution in [1.82, 2.24) is 0 Å². The van der Waals surface area contributed by atoms with Gasteiger partial charge in [-0.25, -0.2) is 0 Å². The van der Waals surface area contributed by atoms with Gasteiger partial charge in [-0.3, -0.25) is 0 Å². The van der Waals surface area contributed by atoms with Gasteiger partial charge in [0.1, 0.15) is 0 Å². The van der Waals surface area contributed by atoms with Crippen LogP contribution in [-0.2, 0) is 0 Å². The quantitative estimate of drug-likeness (QED) is 0.271. The zero-order valence-electron chi connectivity index (χ0n) is 30.5. The molecule has 0 saturated heterocycles. The molecular formula is C39H66. The third-order valence-electron chi connectivity index (χ3n) is 25.6. The normalized spacial score (nSPS) is 73.1. The van der Waals surface area contributed by atoms with Gasteiger partial charge in [0.25, 0.3) is 0 Å². The van der Waals surface area contributed by atoms with Crippen LogP contribution in [0.1, 0.15) is 152 Å². The smallest absolute Gasteiger partial charge is 0.0130 e. The average Bonchev–Trinajstić information content (AvgIpc) is 2.91. The first-order chi connectivity index (χ1) is 16.8. The number of hydrogen-bond acceptors (Lipinski definition) is 0. The van der Waals surface area contributed by atoms with Gasteiger partial charge < -0.3 is 0 Å². The number of rotatable bonds is 0. The molecule has 0 nitrogen and oxygen atoms in total. The van der Waals surface area contributed by atoms with Crippen molar-refractivity contribution in [2.24, 2.45) is 92.1 Å². The molecule has 0 heterocycles. The van der Waals surface area contributed by atoms with Crippen LogP contribution in [0.4, 0.5) is 0 Å². The zero-order valence-corrected chi connectivity index (χ0v) is 30.5. The summed E-state index contributed by atoms with van der Waals surface area (Å²) < 4.78 is 0. The monoisotopic (exact) mass is 535 g/mol. The van der Waals surface area contributed by atoms with Crippen LogP contribution in [0.5, 0.6) is 0 Å². The summed E-state index contributed by atoms with van der Waals surface area (Å²) in [5.74, 6) is 0. The topological polar surface area (TPSA) is 0 Å². The summed E-state index contributed by atoms with van der Waals surface area (Å²) in [5.41, 5.74) is 4.90. The fraction of sp³-hybridized carbons (Fsp3) is 1.00. The maximum atomic E-state index is 2.85. The Morgan fingerprint density at radius 2 is 0.256 bits per heavy atom. The van der Waals surface area contributed by atoms with Gasteiger partial charge in [-0.2, -0.15) is 0 Å². The molecular weight excluding hydrogens is 468 g/mol. The van der Waals surface area contributed by atoms with Gasteiger partial charge >= 0.3 is 0 Å². The predicted molar refractivity (Wildman–Crippen MR) is 166 cm³/mol. The van der Waals surface area contributed by atoms with Crippen LogP contribution < -0.4 is 0 Å². The van der Waals surface area contributed by atoms with Crippen LogP contribution in [0.25, 0.3) is 0 Å². The summed E-state index contributed by atoms with van der Waals surface area (Å²) in [4.78, 5) is 0. The van der Waals surface area contributed by atoms with Crippen LogP contribution in [-0.4, -0.2) is 0 Å². The lowest BCUT2D eigenvalue weighted by Crippen LogP contribution is -3.15. The summed E-state index contributed by atoms with van der Waals surface area (Å²) in [7, 11) is 0. The number of hydrogen-bond donors (Lipinski definition) is 0. The van der Waals surface area contributed by atoms with Gasteiger partial charge in [-0.1, -0.05) is 152 Å². The highest BCUT2D eigenvalue weighted by atomic mass is 15.2. The lowest BCUT2D eigenvalue weighted by Gasteiger charge is -3.18. The Morgan fingerprint density at radius 1 is 0.128 bits per heavy atom. The molecule has 0 amide bonds. The van der Waals surface area contributed by atoms with E-state index in [1.807, 2.05) is 0 Å². The number of fused-ring (bicyclic) bond motifs is 15. The molecule has 39 heavy (non-hydrogen) atoms. The third kappa shape index (κ3) is 1.15. The van der Waals surface area contributed by atoms with Gasteiger partial charge in [0.05, 0.1) is 0 Å². The highest BCUT2D eigenvalue weighted by Gasteiger charge is 3.20. The third-order valence-corrected chi connectivity index (χ3v) is 25.6. The molecule has 0 radical (unpaired) electrons. The molecule has 0 aromatic carbocycles. The standard InChI is InChI=1S/C39H66/c1-23(2)24(3,4)29(12)28(23,11)27(9,10)32(15)33(29,16)37(20)36(32,19)38(21)34(17)30(13)25(5,6)26(7,8)31(30,14)35(34,18)39(37,38)22/h1-22H3. The first-order valence-electron chi connectivity index (χ1n) is 16.8. The fourth-order valence-electron chi connectivity index (χ4n) is 22.2. The Labute approximate surface area is 244 Å². The second-order valence-electron chi connectivity index (χ2n) is 21.6. The molecule has 7 aliphatic rings. The molecule has 12 unspecified atom stereocenters. The van der Waals surface area contributed by atoms with Crippen molar-refractivity contribution in [3.8, 4) is 0 Å². The molecule has 7 rings (SSSR count). The fourth-order valence-corrected chi connectivity index (χ4v) is 22.2. The molecule has 7 saturated carbocycles. The molecule has 7 fully saturated rings. The van der Waals surface area contributed by atoms with Crippen LogP contribution in [0, 0.1) is 92.1 Å². The Kier molecular flexibility index (Phi) is 3.57. The van der Waals surface area contributed by atoms with E-state index in [-0.39, 0.29) is 48.7 Å². The van der Waals surface area contributed by atoms with Gasteiger partial charge in [0.15, 0.2) is 0 Å². The van der Waals surface area contributed by atoms with Crippen molar-refractivity contribution in [2.45, 2.75) is 152 Å². The average molecular weight is 535 g/mol. The van der Waals surface area contributed by atoms with Crippen molar-refractivity contribution in [3.63, 3.8) is 0 Å². The van der Waals surface area contributed by atoms with Crippen molar-refractivity contribution >= 4 is 0 Å². The summed E-state index contributed by atoms with van der Waals surface area (Å²) in [6, 6.07) is 0. The Balaban J connectivity index is 1.60. The van der Waals surface area contributed by atoms with E-state index < -0.39 is 0 Å². The minimum Gasteiger partial charge on any atom is -0.0588 e. The molecule has 0 aromatic heterocycles. The van der Waals surface area contributed by atoms with Crippen molar-refractivity contribution in [2.75, 3.05) is 0 Å². The molecule has 0 spiro atoms. The first kappa shape index (κ1) is 27.8. The Morgan fingerprint density at radius 3 is 0.513 bits per heavy atom. The van der Waals surface area contributed by atoms with E-state index in [0.717, 1.165) is 0 Å². The van der Waals surface area contributed by atoms with E-state index in [2.05, 4.69) is 152 Å². The largest absolute Gasteiger partial charge is 0.0588 e. The zero-order chi connectivity index (χ0) is 30.5. The maximum Gasteiger partial charge on any atom is -0.0130 e. The summed E-state index contributed by atoms with van der Waals surface area (Å²) >= 11 is 0. The lowest BCUT2D eigenvalue weighted by atomic mass is 8.85. The highest BCUT2D eigenvalue weighted by Crippen LogP contribution is 3.23. The highest BCUT2D eigenvalue weighted by molar-refractivity contribution is 5.65. The summed E-state index contributed by atoms with van der Waals surface area (Å²) in [6.07, 6.45) is 0. The van der Waals surface area contributed by atoms with E-state index >= 15 is 0 Å². The molecule has 0 aliphatic heterocycles. The molecule has 0 heteroatoms. The van der Waals surface area contributed by atoms with Crippen LogP contribution in [0.15, 0.2) is 0 Å². The Hall–Kier alpha value is 0. The van der Waals surface area contributed by atoms with Gasteiger partial charge in [0.2, 0.25) is 0 Å². The minimum atomic E-state index is 0.228.